The lowest BCUT2D eigenvalue weighted by molar-refractivity contribution is 0.0139. The molecular formula is C38H65O6P. The Morgan fingerprint density at radius 3 is 1.16 bits per heavy atom. The van der Waals surface area contributed by atoms with E-state index in [4.69, 9.17) is 14.5 Å². The number of aliphatic hydroxyl groups is 1. The van der Waals surface area contributed by atoms with Crippen molar-refractivity contribution in [2.24, 2.45) is 0 Å². The molecule has 1 atom stereocenters. The van der Waals surface area contributed by atoms with E-state index in [9.17, 15) is 9.67 Å². The fraction of sp³-hybridized carbons (Fsp3) is 0.632. The zero-order chi connectivity index (χ0) is 34.1. The molecule has 0 bridgehead atoms. The number of allylic oxidation sites excluding steroid dienone is 13. The molecule has 0 saturated heterocycles. The summed E-state index contributed by atoms with van der Waals surface area (Å²) in [6.07, 6.45) is 28.3. The van der Waals surface area contributed by atoms with E-state index in [1.165, 1.54) is 45.4 Å². The van der Waals surface area contributed by atoms with Crippen molar-refractivity contribution in [1.29, 1.82) is 0 Å². The van der Waals surface area contributed by atoms with Crippen molar-refractivity contribution >= 4 is 7.82 Å². The van der Waals surface area contributed by atoms with E-state index < -0.39 is 20.5 Å². The minimum absolute atomic E-state index is 0.0426. The molecule has 258 valence electrons. The Labute approximate surface area is 276 Å². The van der Waals surface area contributed by atoms with Crippen LogP contribution in [-0.2, 0) is 13.8 Å². The van der Waals surface area contributed by atoms with Crippen LogP contribution in [0.15, 0.2) is 81.5 Å². The van der Waals surface area contributed by atoms with Crippen molar-refractivity contribution in [3.8, 4) is 0 Å². The second-order valence-electron chi connectivity index (χ2n) is 12.8. The third-order valence-corrected chi connectivity index (χ3v) is 8.03. The number of phosphoric ester groups is 1. The Morgan fingerprint density at radius 2 is 0.844 bits per heavy atom. The second-order valence-corrected chi connectivity index (χ2v) is 14.0. The van der Waals surface area contributed by atoms with Gasteiger partial charge in [0, 0.05) is 0 Å². The van der Waals surface area contributed by atoms with Crippen molar-refractivity contribution in [2.75, 3.05) is 19.8 Å². The zero-order valence-corrected chi connectivity index (χ0v) is 30.6. The first kappa shape index (κ1) is 43.2. The van der Waals surface area contributed by atoms with Gasteiger partial charge < -0.3 is 19.6 Å². The summed E-state index contributed by atoms with van der Waals surface area (Å²) in [6.45, 7) is 17.4. The van der Waals surface area contributed by atoms with Crippen molar-refractivity contribution < 1.29 is 28.7 Å². The lowest BCUT2D eigenvalue weighted by Gasteiger charge is -2.11. The van der Waals surface area contributed by atoms with Gasteiger partial charge in [-0.05, 0) is 132 Å². The number of hydrogen-bond acceptors (Lipinski definition) is 4. The monoisotopic (exact) mass is 648 g/mol. The topological polar surface area (TPSA) is 96.2 Å². The van der Waals surface area contributed by atoms with Crippen LogP contribution in [-0.4, -0.2) is 40.8 Å². The fourth-order valence-electron chi connectivity index (χ4n) is 4.57. The summed E-state index contributed by atoms with van der Waals surface area (Å²) in [7, 11) is -4.57. The first-order valence-electron chi connectivity index (χ1n) is 16.7. The summed E-state index contributed by atoms with van der Waals surface area (Å²) in [5, 5.41) is 9.62. The molecule has 0 amide bonds. The van der Waals surface area contributed by atoms with Gasteiger partial charge in [0.05, 0.1) is 19.8 Å². The molecule has 0 radical (unpaired) electrons. The third kappa shape index (κ3) is 30.6. The van der Waals surface area contributed by atoms with E-state index in [2.05, 4.69) is 96.4 Å². The summed E-state index contributed by atoms with van der Waals surface area (Å²) in [5.41, 5.74) is 9.97. The molecule has 0 aromatic heterocycles. The van der Waals surface area contributed by atoms with E-state index >= 15 is 0 Å². The first-order valence-corrected chi connectivity index (χ1v) is 18.2. The number of hydrogen-bond donors (Lipinski definition) is 3. The highest BCUT2D eigenvalue weighted by atomic mass is 31.2. The van der Waals surface area contributed by atoms with Gasteiger partial charge in [-0.25, -0.2) is 4.57 Å². The van der Waals surface area contributed by atoms with Crippen LogP contribution in [0.4, 0.5) is 0 Å². The van der Waals surface area contributed by atoms with Crippen LogP contribution in [0.5, 0.6) is 0 Å². The van der Waals surface area contributed by atoms with Gasteiger partial charge in [-0.3, -0.25) is 4.52 Å². The van der Waals surface area contributed by atoms with Crippen LogP contribution in [0.25, 0.3) is 0 Å². The summed E-state index contributed by atoms with van der Waals surface area (Å²) >= 11 is 0. The van der Waals surface area contributed by atoms with Gasteiger partial charge in [0.1, 0.15) is 6.10 Å². The molecule has 45 heavy (non-hydrogen) atoms. The summed E-state index contributed by atoms with van der Waals surface area (Å²) in [5.74, 6) is 0. The highest BCUT2D eigenvalue weighted by Crippen LogP contribution is 2.35. The van der Waals surface area contributed by atoms with Crippen LogP contribution in [0.3, 0.4) is 0 Å². The van der Waals surface area contributed by atoms with Crippen molar-refractivity contribution in [1.82, 2.24) is 0 Å². The van der Waals surface area contributed by atoms with Gasteiger partial charge in [0.15, 0.2) is 0 Å². The van der Waals surface area contributed by atoms with Gasteiger partial charge in [-0.15, -0.1) is 0 Å². The van der Waals surface area contributed by atoms with E-state index in [1.807, 2.05) is 6.08 Å². The largest absolute Gasteiger partial charge is 0.469 e. The number of phosphoric acid groups is 1. The van der Waals surface area contributed by atoms with Crippen LogP contribution in [0.2, 0.25) is 0 Å². The average molecular weight is 649 g/mol. The molecule has 3 N–H and O–H groups in total. The summed E-state index contributed by atoms with van der Waals surface area (Å²) in [4.78, 5) is 17.3. The molecule has 0 aliphatic carbocycles. The summed E-state index contributed by atoms with van der Waals surface area (Å²) in [6, 6.07) is 0. The number of rotatable bonds is 25. The Hall–Kier alpha value is -1.79. The van der Waals surface area contributed by atoms with Crippen molar-refractivity contribution in [3.05, 3.63) is 81.5 Å². The Morgan fingerprint density at radius 1 is 0.533 bits per heavy atom. The Balaban J connectivity index is 4.16. The molecule has 0 spiro atoms. The van der Waals surface area contributed by atoms with Gasteiger partial charge >= 0.3 is 7.82 Å². The van der Waals surface area contributed by atoms with E-state index in [0.29, 0.717) is 6.61 Å². The van der Waals surface area contributed by atoms with Gasteiger partial charge in [0.25, 0.3) is 0 Å². The van der Waals surface area contributed by atoms with Gasteiger partial charge in [0.2, 0.25) is 0 Å². The van der Waals surface area contributed by atoms with Crippen LogP contribution in [0, 0.1) is 0 Å². The predicted molar refractivity (Wildman–Crippen MR) is 192 cm³/mol. The molecule has 0 heterocycles. The van der Waals surface area contributed by atoms with Crippen molar-refractivity contribution in [3.63, 3.8) is 0 Å². The minimum atomic E-state index is -4.57. The molecule has 0 rings (SSSR count). The summed E-state index contributed by atoms with van der Waals surface area (Å²) < 4.78 is 20.2. The van der Waals surface area contributed by atoms with Crippen molar-refractivity contribution in [2.45, 2.75) is 139 Å². The van der Waals surface area contributed by atoms with Gasteiger partial charge in [-0.1, -0.05) is 81.5 Å². The number of ether oxygens (including phenoxy) is 1. The minimum Gasteiger partial charge on any atom is -0.388 e. The van der Waals surface area contributed by atoms with E-state index in [-0.39, 0.29) is 6.61 Å². The molecule has 7 heteroatoms. The second kappa shape index (κ2) is 26.3. The maximum Gasteiger partial charge on any atom is 0.469 e. The fourth-order valence-corrected chi connectivity index (χ4v) is 4.93. The quantitative estimate of drug-likeness (QED) is 0.0518. The third-order valence-electron chi connectivity index (χ3n) is 7.54. The molecule has 0 saturated carbocycles. The molecule has 0 aromatic carbocycles. The molecule has 0 fully saturated rings. The maximum atomic E-state index is 10.6. The molecule has 0 aliphatic heterocycles. The van der Waals surface area contributed by atoms with E-state index in [0.717, 1.165) is 70.6 Å². The lowest BCUT2D eigenvalue weighted by atomic mass is 10.0. The van der Waals surface area contributed by atoms with Crippen LogP contribution < -0.4 is 0 Å². The Bertz CT molecular complexity index is 1080. The van der Waals surface area contributed by atoms with Crippen LogP contribution >= 0.6 is 7.82 Å². The smallest absolute Gasteiger partial charge is 0.388 e. The molecule has 0 aromatic rings. The maximum absolute atomic E-state index is 10.6. The molecular weight excluding hydrogens is 583 g/mol. The predicted octanol–water partition coefficient (Wildman–Crippen LogP) is 10.8. The molecule has 6 nitrogen and oxygen atoms in total. The average Bonchev–Trinajstić information content (AvgIpc) is 2.93. The Kier molecular flexibility index (Phi) is 25.3. The van der Waals surface area contributed by atoms with Crippen LogP contribution in [0.1, 0.15) is 132 Å². The van der Waals surface area contributed by atoms with Gasteiger partial charge in [-0.2, -0.15) is 0 Å². The lowest BCUT2D eigenvalue weighted by Crippen LogP contribution is -2.21. The standard InChI is InChI=1S/C38H65O6P/c1-31(2)15-9-16-32(3)17-10-18-33(4)19-11-20-34(5)21-12-22-35(6)23-13-24-36(7)25-14-26-37(8)27-28-43-29-38(39)30-44-45(40,41)42/h15,17,19,21,23,25,27,38-39H,9-14,16,18,20,22,24,26,28-30H2,1-8H3,(H2,40,41,42)/b32-17+,33-19+,34-21+,35-23+,36-25+,37-27+/t38-/m0/s1. The number of aliphatic hydroxyl groups excluding tert-OH is 1. The molecule has 0 aliphatic rings. The first-order chi connectivity index (χ1) is 21.2. The normalized spacial score (nSPS) is 15.1. The zero-order valence-electron chi connectivity index (χ0n) is 29.7. The molecule has 0 unspecified atom stereocenters. The van der Waals surface area contributed by atoms with E-state index in [1.54, 1.807) is 0 Å². The highest BCUT2D eigenvalue weighted by molar-refractivity contribution is 7.46. The highest BCUT2D eigenvalue weighted by Gasteiger charge is 2.16. The SMILES string of the molecule is CC(C)=CCC/C(C)=C/CC/C(C)=C/CC/C(C)=C/CC/C(C)=C/CC/C(C)=C/CC/C(C)=C/COC[C@H](O)COP(=O)(O)O.